The molecule has 7 heterocycles. The highest BCUT2D eigenvalue weighted by molar-refractivity contribution is 9.10. The van der Waals surface area contributed by atoms with Crippen LogP contribution in [0.15, 0.2) is 126 Å². The van der Waals surface area contributed by atoms with Crippen molar-refractivity contribution in [1.29, 1.82) is 0 Å². The first-order valence-electron chi connectivity index (χ1n) is 28.5. The van der Waals surface area contributed by atoms with Crippen LogP contribution in [0.4, 0.5) is 11.6 Å². The fraction of sp³-hybridized carbons (Fsp3) is 0.312. The zero-order valence-corrected chi connectivity index (χ0v) is 52.0. The third-order valence-electron chi connectivity index (χ3n) is 15.3. The quantitative estimate of drug-likeness (QED) is 0.0358. The van der Waals surface area contributed by atoms with Crippen LogP contribution in [-0.4, -0.2) is 151 Å². The number of hydrogen-bond donors (Lipinski definition) is 4. The van der Waals surface area contributed by atoms with E-state index in [4.69, 9.17) is 62.9 Å². The summed E-state index contributed by atoms with van der Waals surface area (Å²) in [5, 5.41) is 6.69. The molecule has 3 saturated heterocycles. The van der Waals surface area contributed by atoms with E-state index < -0.39 is 41.7 Å². The van der Waals surface area contributed by atoms with Gasteiger partial charge >= 0.3 is 7.12 Å². The number of nitrogens with two attached hydrogens (primary N) is 2. The predicted octanol–water partition coefficient (Wildman–Crippen LogP) is 7.40. The largest absolute Gasteiger partial charge is 0.494 e. The standard InChI is InChI=1S/C29H27ClN4O5.C23H27BClN3O4.C12H12BrNO3/c30-24-15-21(19-3-5-20(6-4-19)27(36)29(37)34-9-11-38-12-10-34)13-22-14-23(39-28(22)24)17-33-26(35)8-2-18-1-7-25(31)32-16-18;1-22(2)23(3,4)32-24(31-22)16-9-15-10-17(30-21(15)18(25)11-16)13-28-20(29)8-6-14-5-7-19(26)27-12-14;13-10-3-1-9(2-4-10)11(15)12(16)14-5-7-17-8-6-14/h1-8,13,15-16,23H,9-12,14,17H2,(H2,31,32)(H,33,35);5-9,11-12,17H,10,13H2,1-4H3,(H2,26,27)(H,28,29);1-4H,5-8H2/b8-2+;8-6+;. The van der Waals surface area contributed by atoms with E-state index in [-0.39, 0.29) is 24.0 Å². The molecule has 0 aliphatic carbocycles. The van der Waals surface area contributed by atoms with Gasteiger partial charge in [-0.25, -0.2) is 9.97 Å². The molecule has 0 saturated carbocycles. The molecule has 24 heteroatoms. The Labute approximate surface area is 528 Å². The van der Waals surface area contributed by atoms with Crippen LogP contribution in [0.2, 0.25) is 10.0 Å². The van der Waals surface area contributed by atoms with Crippen molar-refractivity contribution in [2.45, 2.75) is 63.9 Å². The molecular formula is C64H66BBrCl2N8O12. The van der Waals surface area contributed by atoms with Crippen LogP contribution in [0.25, 0.3) is 23.3 Å². The number of nitrogens with zero attached hydrogens (tertiary/aromatic N) is 4. The molecule has 6 N–H and O–H groups in total. The van der Waals surface area contributed by atoms with E-state index in [0.29, 0.717) is 123 Å². The minimum atomic E-state index is -0.534. The molecule has 5 aliphatic rings. The van der Waals surface area contributed by atoms with Gasteiger partial charge in [0.05, 0.1) is 60.8 Å². The monoisotopic (exact) mass is 1300 g/mol. The van der Waals surface area contributed by atoms with Crippen molar-refractivity contribution >= 4 is 111 Å². The zero-order chi connectivity index (χ0) is 62.7. The molecule has 2 atom stereocenters. The van der Waals surface area contributed by atoms with Crippen LogP contribution < -0.4 is 37.0 Å². The Morgan fingerprint density at radius 1 is 0.602 bits per heavy atom. The van der Waals surface area contributed by atoms with Gasteiger partial charge in [0.15, 0.2) is 0 Å². The maximum Gasteiger partial charge on any atom is 0.494 e. The first-order valence-corrected chi connectivity index (χ1v) is 30.0. The molecule has 5 aliphatic heterocycles. The summed E-state index contributed by atoms with van der Waals surface area (Å²) in [5.41, 5.74) is 17.1. The number of ether oxygens (including phenoxy) is 4. The molecular weight excluding hydrogens is 1230 g/mol. The molecule has 3 fully saturated rings. The van der Waals surface area contributed by atoms with Gasteiger partial charge in [-0.2, -0.15) is 0 Å². The van der Waals surface area contributed by atoms with Crippen molar-refractivity contribution < 1.29 is 57.0 Å². The number of Topliss-reactive ketones (excluding diaryl/α,β-unsaturated/α-hetero) is 2. The topological polar surface area (TPSA) is 266 Å². The summed E-state index contributed by atoms with van der Waals surface area (Å²) in [7, 11) is -0.491. The van der Waals surface area contributed by atoms with Crippen molar-refractivity contribution in [2.75, 3.05) is 77.2 Å². The number of nitrogen functional groups attached to an aromatic ring is 2. The lowest BCUT2D eigenvalue weighted by Crippen LogP contribution is -2.44. The predicted molar refractivity (Wildman–Crippen MR) is 339 cm³/mol. The summed E-state index contributed by atoms with van der Waals surface area (Å²) < 4.78 is 35.5. The van der Waals surface area contributed by atoms with E-state index in [0.717, 1.165) is 43.3 Å². The zero-order valence-electron chi connectivity index (χ0n) is 48.9. The molecule has 6 aromatic rings. The summed E-state index contributed by atoms with van der Waals surface area (Å²) in [4.78, 5) is 84.4. The highest BCUT2D eigenvalue weighted by Gasteiger charge is 2.52. The molecule has 4 amide bonds. The second-order valence-corrected chi connectivity index (χ2v) is 23.9. The number of aromatic nitrogens is 2. The van der Waals surface area contributed by atoms with E-state index in [1.54, 1.807) is 103 Å². The second-order valence-electron chi connectivity index (χ2n) is 22.2. The van der Waals surface area contributed by atoms with Gasteiger partial charge in [-0.15, -0.1) is 0 Å². The Bertz CT molecular complexity index is 3590. The van der Waals surface area contributed by atoms with E-state index in [1.165, 1.54) is 22.0 Å². The van der Waals surface area contributed by atoms with Crippen LogP contribution in [0, 0.1) is 0 Å². The number of rotatable bonds is 14. The van der Waals surface area contributed by atoms with Gasteiger partial charge in [-0.05, 0) is 140 Å². The minimum Gasteiger partial charge on any atom is -0.486 e. The lowest BCUT2D eigenvalue weighted by Gasteiger charge is -2.32. The number of anilines is 2. The van der Waals surface area contributed by atoms with Gasteiger partial charge in [0, 0.05) is 84.7 Å². The molecule has 88 heavy (non-hydrogen) atoms. The van der Waals surface area contributed by atoms with Gasteiger partial charge in [-0.1, -0.05) is 69.5 Å². The molecule has 0 radical (unpaired) electrons. The van der Waals surface area contributed by atoms with Gasteiger partial charge in [0.2, 0.25) is 23.4 Å². The smallest absolute Gasteiger partial charge is 0.486 e. The van der Waals surface area contributed by atoms with E-state index in [1.807, 2.05) is 45.9 Å². The Morgan fingerprint density at radius 2 is 1.03 bits per heavy atom. The van der Waals surface area contributed by atoms with Crippen LogP contribution in [0.3, 0.4) is 0 Å². The Balaban J connectivity index is 0.000000169. The molecule has 11 rings (SSSR count). The Morgan fingerprint density at radius 3 is 1.48 bits per heavy atom. The third-order valence-corrected chi connectivity index (χ3v) is 16.4. The number of pyridine rings is 2. The fourth-order valence-electron chi connectivity index (χ4n) is 9.71. The molecule has 2 aromatic heterocycles. The van der Waals surface area contributed by atoms with Gasteiger partial charge < -0.3 is 60.2 Å². The number of ketones is 2. The number of benzene rings is 4. The van der Waals surface area contributed by atoms with Gasteiger partial charge in [0.25, 0.3) is 11.8 Å². The normalized spacial score (nSPS) is 18.0. The number of halogens is 3. The Hall–Kier alpha value is -7.96. The lowest BCUT2D eigenvalue weighted by atomic mass is 9.78. The van der Waals surface area contributed by atoms with Crippen molar-refractivity contribution in [3.63, 3.8) is 0 Å². The number of carbonyl (C=O) groups excluding carboxylic acids is 6. The van der Waals surface area contributed by atoms with E-state index >= 15 is 0 Å². The molecule has 4 aromatic carbocycles. The van der Waals surface area contributed by atoms with Crippen LogP contribution in [-0.2, 0) is 50.8 Å². The molecule has 458 valence electrons. The highest BCUT2D eigenvalue weighted by atomic mass is 79.9. The summed E-state index contributed by atoms with van der Waals surface area (Å²) in [6.45, 7) is 12.4. The SMILES string of the molecule is CC1(C)OB(c2cc(Cl)c3c(c2)CC(CNC(=O)/C=C/c2ccc(N)nc2)O3)OC1(C)C.Nc1ccc(/C=C/C(=O)NCC2Cc3cc(-c4ccc(C(=O)C(=O)N5CCOCC5)cc4)cc(Cl)c3O2)cn1.O=C(C(=O)N1CCOCC1)c1ccc(Br)cc1. The molecule has 20 nitrogen and oxygen atoms in total. The summed E-state index contributed by atoms with van der Waals surface area (Å²) >= 11 is 16.3. The first-order chi connectivity index (χ1) is 42.1. The maximum atomic E-state index is 12.7. The van der Waals surface area contributed by atoms with Crippen molar-refractivity contribution in [2.24, 2.45) is 0 Å². The van der Waals surface area contributed by atoms with Crippen molar-refractivity contribution in [3.05, 3.63) is 170 Å². The number of nitrogens with one attached hydrogen (secondary N) is 2. The number of amides is 4. The lowest BCUT2D eigenvalue weighted by molar-refractivity contribution is -0.130. The number of carbonyl (C=O) groups is 6. The van der Waals surface area contributed by atoms with E-state index in [9.17, 15) is 28.8 Å². The van der Waals surface area contributed by atoms with Gasteiger partial charge in [-0.3, -0.25) is 28.8 Å². The fourth-order valence-corrected chi connectivity index (χ4v) is 10.6. The average Bonchev–Trinajstić information content (AvgIpc) is 3.37. The Kier molecular flexibility index (Phi) is 21.2. The second kappa shape index (κ2) is 28.9. The molecule has 0 spiro atoms. The minimum absolute atomic E-state index is 0.202. The molecule has 2 unspecified atom stereocenters. The summed E-state index contributed by atoms with van der Waals surface area (Å²) in [6, 6.07) is 28.3. The first kappa shape index (κ1) is 64.5. The van der Waals surface area contributed by atoms with E-state index in [2.05, 4.69) is 36.5 Å². The number of fused-ring (bicyclic) bond motifs is 2. The number of morpholine rings is 2. The van der Waals surface area contributed by atoms with Gasteiger partial charge in [0.1, 0.15) is 35.3 Å². The number of hydrogen-bond acceptors (Lipinski definition) is 16. The molecule has 0 bridgehead atoms. The van der Waals surface area contributed by atoms with Crippen molar-refractivity contribution in [1.82, 2.24) is 30.4 Å². The van der Waals surface area contributed by atoms with Crippen LogP contribution in [0.5, 0.6) is 11.5 Å². The summed E-state index contributed by atoms with van der Waals surface area (Å²) in [6.07, 6.45) is 10.2. The van der Waals surface area contributed by atoms with Crippen LogP contribution >= 0.6 is 39.1 Å². The van der Waals surface area contributed by atoms with Crippen LogP contribution in [0.1, 0.15) is 70.7 Å². The van der Waals surface area contributed by atoms with Crippen molar-refractivity contribution in [3.8, 4) is 22.6 Å². The average molecular weight is 1300 g/mol. The highest BCUT2D eigenvalue weighted by Crippen LogP contribution is 2.41. The maximum absolute atomic E-state index is 12.7. The summed E-state index contributed by atoms with van der Waals surface area (Å²) in [5.74, 6) is -0.321. The third kappa shape index (κ3) is 16.6.